The van der Waals surface area contributed by atoms with E-state index < -0.39 is 36.6 Å². The van der Waals surface area contributed by atoms with E-state index in [0.717, 1.165) is 116 Å². The molecule has 12 heteroatoms. The third-order valence-corrected chi connectivity index (χ3v) is 20.9. The number of halogens is 1. The van der Waals surface area contributed by atoms with Gasteiger partial charge in [-0.25, -0.2) is 0 Å². The molecule has 2 aromatic heterocycles. The Morgan fingerprint density at radius 1 is 0.283 bits per heavy atom. The van der Waals surface area contributed by atoms with Crippen LogP contribution in [0.4, 0.5) is 0 Å². The Hall–Kier alpha value is -9.91. The minimum Gasteiger partial charge on any atom is -0.497 e. The van der Waals surface area contributed by atoms with Gasteiger partial charge in [-0.1, -0.05) is 204 Å². The van der Waals surface area contributed by atoms with Crippen molar-refractivity contribution in [2.45, 2.75) is 77.8 Å². The molecule has 492 valence electrons. The number of hydrogen-bond acceptors (Lipinski definition) is 7. The molecule has 0 radical (unpaired) electrons. The first-order valence-corrected chi connectivity index (χ1v) is 34.5. The summed E-state index contributed by atoms with van der Waals surface area (Å²) in [6.45, 7) is 16.7. The van der Waals surface area contributed by atoms with E-state index in [1.54, 1.807) is 21.3 Å². The predicted molar refractivity (Wildman–Crippen MR) is 414 cm³/mol. The molecule has 0 amide bonds. The molecule has 0 atom stereocenters. The van der Waals surface area contributed by atoms with Crippen LogP contribution in [0.3, 0.4) is 0 Å². The van der Waals surface area contributed by atoms with E-state index in [0.29, 0.717) is 0 Å². The van der Waals surface area contributed by atoms with Crippen LogP contribution in [0.2, 0.25) is 0 Å². The van der Waals surface area contributed by atoms with Gasteiger partial charge in [-0.3, -0.25) is 0 Å². The maximum Gasteiger partial charge on any atom is 0.494 e. The Balaban J connectivity index is 0.000000142. The molecular weight excluding hydrogens is 1290 g/mol. The molecule has 2 fully saturated rings. The summed E-state index contributed by atoms with van der Waals surface area (Å²) >= 11 is 3.54. The average Bonchev–Trinajstić information content (AvgIpc) is 1.60. The van der Waals surface area contributed by atoms with Crippen molar-refractivity contribution in [3.8, 4) is 84.3 Å². The Morgan fingerprint density at radius 3 is 0.919 bits per heavy atom. The molecule has 0 unspecified atom stereocenters. The SMILES string of the molecule is CC1(C)OB(c2ccc3c4ccc(B5OC(C)(C)C(C)(C)O5)cc4n(-c4ccccc4)c3c2)OC1(C)C.COc1ccc(-c2ccc3c4ccc(-c5ccc(OC)cc5-c5ccccc5)cc4n(-c4ccccc4)c3c2)c(-c2ccccc2)c1.COc1ccc(Br)c(-c2ccccc2)c1. The molecule has 2 saturated heterocycles. The zero-order valence-corrected chi connectivity index (χ0v) is 59.4. The van der Waals surface area contributed by atoms with Crippen LogP contribution in [0.25, 0.3) is 111 Å². The Kier molecular flexibility index (Phi) is 18.1. The number of methoxy groups -OCH3 is 3. The van der Waals surface area contributed by atoms with E-state index in [2.05, 4.69) is 305 Å². The number of hydrogen-bond donors (Lipinski definition) is 0. The smallest absolute Gasteiger partial charge is 0.494 e. The largest absolute Gasteiger partial charge is 0.497 e. The van der Waals surface area contributed by atoms with Crippen LogP contribution < -0.4 is 25.1 Å². The molecule has 4 heterocycles. The molecule has 9 nitrogen and oxygen atoms in total. The van der Waals surface area contributed by atoms with E-state index in [1.165, 1.54) is 27.1 Å². The fraction of sp³-hybridized carbons (Fsp3) is 0.172. The van der Waals surface area contributed by atoms with Crippen LogP contribution in [-0.2, 0) is 18.6 Å². The van der Waals surface area contributed by atoms with Crippen LogP contribution in [0.5, 0.6) is 17.2 Å². The molecule has 2 aliphatic rings. The molecule has 16 rings (SSSR count). The van der Waals surface area contributed by atoms with Gasteiger partial charge in [-0.05, 0) is 213 Å². The molecule has 99 heavy (non-hydrogen) atoms. The van der Waals surface area contributed by atoms with E-state index in [1.807, 2.05) is 54.6 Å². The molecule has 0 saturated carbocycles. The summed E-state index contributed by atoms with van der Waals surface area (Å²) in [5.41, 5.74) is 18.8. The van der Waals surface area contributed by atoms with Crippen molar-refractivity contribution in [3.05, 3.63) is 284 Å². The second kappa shape index (κ2) is 27.1. The van der Waals surface area contributed by atoms with Crippen molar-refractivity contribution in [1.29, 1.82) is 0 Å². The topological polar surface area (TPSA) is 74.5 Å². The van der Waals surface area contributed by atoms with Gasteiger partial charge in [0.05, 0.1) is 65.8 Å². The predicted octanol–water partition coefficient (Wildman–Crippen LogP) is 21.0. The van der Waals surface area contributed by atoms with Crippen molar-refractivity contribution in [1.82, 2.24) is 9.13 Å². The van der Waals surface area contributed by atoms with Crippen molar-refractivity contribution in [3.63, 3.8) is 0 Å². The molecule has 0 N–H and O–H groups in total. The third-order valence-electron chi connectivity index (χ3n) is 20.2. The van der Waals surface area contributed by atoms with E-state index >= 15 is 0 Å². The van der Waals surface area contributed by atoms with Crippen LogP contribution in [0.1, 0.15) is 55.4 Å². The van der Waals surface area contributed by atoms with Gasteiger partial charge >= 0.3 is 14.2 Å². The van der Waals surface area contributed by atoms with Crippen LogP contribution >= 0.6 is 15.9 Å². The molecule has 14 aromatic rings. The Bertz CT molecular complexity index is 4980. The highest BCUT2D eigenvalue weighted by Gasteiger charge is 2.53. The lowest BCUT2D eigenvalue weighted by Crippen LogP contribution is -2.41. The normalized spacial score (nSPS) is 15.0. The van der Waals surface area contributed by atoms with E-state index in [9.17, 15) is 0 Å². The lowest BCUT2D eigenvalue weighted by atomic mass is 9.78. The fourth-order valence-corrected chi connectivity index (χ4v) is 13.8. The van der Waals surface area contributed by atoms with Crippen molar-refractivity contribution in [2.24, 2.45) is 0 Å². The molecule has 2 aliphatic heterocycles. The average molecular weight is 1370 g/mol. The fourth-order valence-electron chi connectivity index (χ4n) is 13.4. The van der Waals surface area contributed by atoms with Gasteiger partial charge < -0.3 is 42.0 Å². The minimum atomic E-state index is -0.419. The van der Waals surface area contributed by atoms with Crippen molar-refractivity contribution >= 4 is 84.7 Å². The number of benzene rings is 12. The minimum absolute atomic E-state index is 0.392. The van der Waals surface area contributed by atoms with Gasteiger partial charge in [0.15, 0.2) is 0 Å². The summed E-state index contributed by atoms with van der Waals surface area (Å²) in [6.07, 6.45) is 0. The Labute approximate surface area is 589 Å². The van der Waals surface area contributed by atoms with Gasteiger partial charge in [0.1, 0.15) is 17.2 Å². The van der Waals surface area contributed by atoms with Gasteiger partial charge in [0.25, 0.3) is 0 Å². The summed E-state index contributed by atoms with van der Waals surface area (Å²) < 4.78 is 47.8. The van der Waals surface area contributed by atoms with Crippen LogP contribution in [-0.4, -0.2) is 67.1 Å². The number of fused-ring (bicyclic) bond motifs is 6. The number of ether oxygens (including phenoxy) is 3. The third kappa shape index (κ3) is 12.9. The van der Waals surface area contributed by atoms with Crippen LogP contribution in [0, 0.1) is 0 Å². The number of para-hydroxylation sites is 2. The van der Waals surface area contributed by atoms with Gasteiger partial charge in [0, 0.05) is 37.4 Å². The van der Waals surface area contributed by atoms with Gasteiger partial charge in [0.2, 0.25) is 0 Å². The second-order valence-corrected chi connectivity index (χ2v) is 28.2. The zero-order valence-electron chi connectivity index (χ0n) is 57.8. The zero-order chi connectivity index (χ0) is 68.8. The highest BCUT2D eigenvalue weighted by molar-refractivity contribution is 9.10. The molecule has 0 bridgehead atoms. The van der Waals surface area contributed by atoms with Crippen molar-refractivity contribution < 1.29 is 32.8 Å². The summed E-state index contributed by atoms with van der Waals surface area (Å²) in [6, 6.07) is 97.8. The van der Waals surface area contributed by atoms with E-state index in [4.69, 9.17) is 32.8 Å². The number of aromatic nitrogens is 2. The summed E-state index contributed by atoms with van der Waals surface area (Å²) in [5.74, 6) is 2.55. The quantitative estimate of drug-likeness (QED) is 0.113. The number of rotatable bonds is 12. The highest BCUT2D eigenvalue weighted by atomic mass is 79.9. The lowest BCUT2D eigenvalue weighted by molar-refractivity contribution is 0.00578. The Morgan fingerprint density at radius 2 is 0.576 bits per heavy atom. The maximum absolute atomic E-state index is 6.38. The summed E-state index contributed by atoms with van der Waals surface area (Å²) in [7, 11) is 4.28. The first kappa shape index (κ1) is 66.3. The standard InChI is InChI=1S/C44H33NO2.C30H35B2NO4.C13H11BrO/c1-46-35-20-24-37(41(28-35)30-12-6-3-7-13-30)32-18-22-39-40-23-19-33(27-44(40)45(43(39)26-32)34-16-10-5-11-17-34)38-25-21-36(47-2)29-42(38)31-14-8-4-9-15-31;1-27(2)28(3,4)35-31(34-27)20-14-16-23-24-17-15-21(32-36-29(5,6)30(7,8)37-32)19-26(24)33(25(23)18-20)22-12-10-9-11-13-22;1-15-11-7-8-13(14)12(9-11)10-5-3-2-4-6-10/h3-29H,1-2H3;9-19H,1-8H3;2-9H,1H3. The first-order chi connectivity index (χ1) is 47.8. The summed E-state index contributed by atoms with van der Waals surface area (Å²) in [5, 5.41) is 4.79. The number of nitrogens with zero attached hydrogens (tertiary/aromatic N) is 2. The first-order valence-electron chi connectivity index (χ1n) is 33.7. The lowest BCUT2D eigenvalue weighted by Gasteiger charge is -2.32. The molecule has 12 aromatic carbocycles. The monoisotopic (exact) mass is 1360 g/mol. The second-order valence-electron chi connectivity index (χ2n) is 27.3. The maximum atomic E-state index is 6.38. The van der Waals surface area contributed by atoms with Gasteiger partial charge in [-0.2, -0.15) is 0 Å². The van der Waals surface area contributed by atoms with Gasteiger partial charge in [-0.15, -0.1) is 0 Å². The van der Waals surface area contributed by atoms with Crippen molar-refractivity contribution in [2.75, 3.05) is 21.3 Å². The van der Waals surface area contributed by atoms with Crippen LogP contribution in [0.15, 0.2) is 284 Å². The van der Waals surface area contributed by atoms with E-state index in [-0.39, 0.29) is 0 Å². The molecule has 0 aliphatic carbocycles. The summed E-state index contributed by atoms with van der Waals surface area (Å²) in [4.78, 5) is 0. The highest BCUT2D eigenvalue weighted by Crippen LogP contribution is 2.44. The molecular formula is C87H79B2BrN2O7. The molecule has 0 spiro atoms.